The van der Waals surface area contributed by atoms with E-state index in [1.165, 1.54) is 24.3 Å². The number of carboxylic acid groups (broad SMARTS) is 1. The van der Waals surface area contributed by atoms with Crippen molar-refractivity contribution in [2.24, 2.45) is 17.8 Å². The maximum Gasteiger partial charge on any atom is 0.338 e. The van der Waals surface area contributed by atoms with Gasteiger partial charge in [-0.25, -0.2) is 9.59 Å². The average molecular weight is 496 g/mol. The van der Waals surface area contributed by atoms with Crippen LogP contribution in [0.1, 0.15) is 23.7 Å². The van der Waals surface area contributed by atoms with Crippen molar-refractivity contribution in [1.29, 1.82) is 0 Å². The molecule has 0 aromatic heterocycles. The maximum atomic E-state index is 12.2. The highest BCUT2D eigenvalue weighted by Crippen LogP contribution is 2.47. The van der Waals surface area contributed by atoms with Crippen LogP contribution in [-0.2, 0) is 23.7 Å². The van der Waals surface area contributed by atoms with Gasteiger partial charge < -0.3 is 49.6 Å². The highest BCUT2D eigenvalue weighted by molar-refractivity contribution is 5.89. The van der Waals surface area contributed by atoms with Gasteiger partial charge in [0, 0.05) is 11.8 Å². The number of aliphatic hydroxyl groups excluding tert-OH is 4. The van der Waals surface area contributed by atoms with Gasteiger partial charge in [0.1, 0.15) is 36.8 Å². The first-order valence-electron chi connectivity index (χ1n) is 11.2. The predicted molar refractivity (Wildman–Crippen MR) is 114 cm³/mol. The van der Waals surface area contributed by atoms with Crippen LogP contribution in [0.5, 0.6) is 5.75 Å². The highest BCUT2D eigenvalue weighted by atomic mass is 16.8. The number of aromatic hydroxyl groups is 1. The van der Waals surface area contributed by atoms with E-state index in [1.54, 1.807) is 6.92 Å². The number of aliphatic carboxylic acids is 1. The maximum absolute atomic E-state index is 12.2. The number of phenolic OH excluding ortho intramolecular Hbond substituents is 1. The standard InChI is InChI=1S/C23H28O12/c1-9-14(25)6-12-13(20(29)30)7-33-22(16(9)12)35-23-19(28)18(27)17(26)15(34-23)8-32-21(31)10-2-4-11(24)5-3-10/h2-5,7,9,12,14-19,22-28H,6,8H2,1H3,(H,29,30)/t9-,12?,14+,15-,16?,17-,18+,19-,22+,23+/m1/s1. The van der Waals surface area contributed by atoms with E-state index in [1.807, 2.05) is 0 Å². The molecule has 2 unspecified atom stereocenters. The Morgan fingerprint density at radius 3 is 2.37 bits per heavy atom. The summed E-state index contributed by atoms with van der Waals surface area (Å²) >= 11 is 0. The van der Waals surface area contributed by atoms with Gasteiger partial charge in [0.15, 0.2) is 6.29 Å². The highest BCUT2D eigenvalue weighted by Gasteiger charge is 2.53. The molecular formula is C23H28O12. The lowest BCUT2D eigenvalue weighted by molar-refractivity contribution is -0.342. The van der Waals surface area contributed by atoms with Crippen LogP contribution in [0, 0.1) is 17.8 Å². The number of aliphatic hydroxyl groups is 4. The molecule has 1 aromatic carbocycles. The molecule has 0 spiro atoms. The zero-order chi connectivity index (χ0) is 25.4. The fourth-order valence-electron chi connectivity index (χ4n) is 4.81. The Labute approximate surface area is 199 Å². The summed E-state index contributed by atoms with van der Waals surface area (Å²) in [5.41, 5.74) is 0.135. The second-order valence-electron chi connectivity index (χ2n) is 9.02. The molecule has 0 radical (unpaired) electrons. The van der Waals surface area contributed by atoms with Gasteiger partial charge in [-0.15, -0.1) is 0 Å². The molecule has 6 N–H and O–H groups in total. The summed E-state index contributed by atoms with van der Waals surface area (Å²) < 4.78 is 22.0. The van der Waals surface area contributed by atoms with Crippen LogP contribution in [-0.4, -0.2) is 92.3 Å². The molecule has 1 saturated carbocycles. The van der Waals surface area contributed by atoms with Crippen LogP contribution in [0.15, 0.2) is 36.1 Å². The molecule has 0 amide bonds. The van der Waals surface area contributed by atoms with Crippen LogP contribution >= 0.6 is 0 Å². The number of phenols is 1. The van der Waals surface area contributed by atoms with Crippen molar-refractivity contribution in [2.45, 2.75) is 56.4 Å². The number of hydrogen-bond acceptors (Lipinski definition) is 11. The van der Waals surface area contributed by atoms with Gasteiger partial charge in [-0.3, -0.25) is 0 Å². The van der Waals surface area contributed by atoms with E-state index in [2.05, 4.69) is 0 Å². The number of carboxylic acids is 1. The minimum atomic E-state index is -1.71. The van der Waals surface area contributed by atoms with Crippen LogP contribution in [0.25, 0.3) is 0 Å². The molecule has 4 rings (SSSR count). The molecule has 2 aliphatic heterocycles. The van der Waals surface area contributed by atoms with Crippen molar-refractivity contribution in [3.05, 3.63) is 41.7 Å². The number of carbonyl (C=O) groups excluding carboxylic acids is 1. The van der Waals surface area contributed by atoms with E-state index >= 15 is 0 Å². The monoisotopic (exact) mass is 496 g/mol. The van der Waals surface area contributed by atoms with Gasteiger partial charge in [0.25, 0.3) is 0 Å². The fraction of sp³-hybridized carbons (Fsp3) is 0.565. The first-order chi connectivity index (χ1) is 16.6. The fourth-order valence-corrected chi connectivity index (χ4v) is 4.81. The summed E-state index contributed by atoms with van der Waals surface area (Å²) in [6.07, 6.45) is -8.46. The molecule has 3 aliphatic rings. The normalized spacial score (nSPS) is 38.7. The second-order valence-corrected chi connectivity index (χ2v) is 9.02. The predicted octanol–water partition coefficient (Wildman–Crippen LogP) is -0.669. The van der Waals surface area contributed by atoms with Crippen molar-refractivity contribution in [2.75, 3.05) is 6.61 Å². The van der Waals surface area contributed by atoms with Gasteiger partial charge in [-0.1, -0.05) is 6.92 Å². The summed E-state index contributed by atoms with van der Waals surface area (Å²) in [5, 5.41) is 60.2. The Kier molecular flexibility index (Phi) is 7.31. The molecule has 0 bridgehead atoms. The number of esters is 1. The van der Waals surface area contributed by atoms with Gasteiger partial charge in [0.05, 0.1) is 23.5 Å². The molecule has 2 heterocycles. The second kappa shape index (κ2) is 10.1. The topological polar surface area (TPSA) is 192 Å². The van der Waals surface area contributed by atoms with Crippen molar-refractivity contribution in [1.82, 2.24) is 0 Å². The molecular weight excluding hydrogens is 468 g/mol. The summed E-state index contributed by atoms with van der Waals surface area (Å²) in [6, 6.07) is 5.28. The quantitative estimate of drug-likeness (QED) is 0.273. The van der Waals surface area contributed by atoms with Gasteiger partial charge in [-0.2, -0.15) is 0 Å². The van der Waals surface area contributed by atoms with E-state index in [0.29, 0.717) is 0 Å². The van der Waals surface area contributed by atoms with E-state index in [4.69, 9.17) is 18.9 Å². The molecule has 1 saturated heterocycles. The summed E-state index contributed by atoms with van der Waals surface area (Å²) in [7, 11) is 0. The lowest BCUT2D eigenvalue weighted by Crippen LogP contribution is -2.60. The molecule has 1 aliphatic carbocycles. The number of rotatable bonds is 6. The third kappa shape index (κ3) is 4.99. The number of hydrogen-bond donors (Lipinski definition) is 6. The summed E-state index contributed by atoms with van der Waals surface area (Å²) in [5.74, 6) is -3.51. The largest absolute Gasteiger partial charge is 0.508 e. The smallest absolute Gasteiger partial charge is 0.338 e. The van der Waals surface area contributed by atoms with Crippen LogP contribution in [0.3, 0.4) is 0 Å². The van der Waals surface area contributed by atoms with Crippen molar-refractivity contribution in [3.8, 4) is 5.75 Å². The Hall–Kier alpha value is -2.74. The Morgan fingerprint density at radius 1 is 1.03 bits per heavy atom. The van der Waals surface area contributed by atoms with E-state index < -0.39 is 79.4 Å². The summed E-state index contributed by atoms with van der Waals surface area (Å²) in [6.45, 7) is 1.24. The number of fused-ring (bicyclic) bond motifs is 1. The SMILES string of the molecule is C[C@H]1C2C(C[C@@H]1O)C(C(=O)O)=CO[C@H]2O[C@@H]1O[C@H](COC(=O)c2ccc(O)cc2)[C@@H](O)[C@H](O)[C@H]1O. The van der Waals surface area contributed by atoms with Gasteiger partial charge in [-0.05, 0) is 36.6 Å². The number of benzene rings is 1. The lowest BCUT2D eigenvalue weighted by Gasteiger charge is -2.43. The molecule has 12 heteroatoms. The molecule has 1 aromatic rings. The molecule has 35 heavy (non-hydrogen) atoms. The van der Waals surface area contributed by atoms with Crippen LogP contribution in [0.4, 0.5) is 0 Å². The van der Waals surface area contributed by atoms with Gasteiger partial charge in [0.2, 0.25) is 6.29 Å². The average Bonchev–Trinajstić information content (AvgIpc) is 3.13. The first-order valence-corrected chi connectivity index (χ1v) is 11.2. The van der Waals surface area contributed by atoms with Crippen molar-refractivity contribution in [3.63, 3.8) is 0 Å². The Bertz CT molecular complexity index is 962. The van der Waals surface area contributed by atoms with E-state index in [-0.39, 0.29) is 23.3 Å². The van der Waals surface area contributed by atoms with Crippen LogP contribution in [0.2, 0.25) is 0 Å². The molecule has 2 fully saturated rings. The zero-order valence-electron chi connectivity index (χ0n) is 18.7. The zero-order valence-corrected chi connectivity index (χ0v) is 18.7. The minimum Gasteiger partial charge on any atom is -0.508 e. The third-order valence-corrected chi connectivity index (χ3v) is 6.88. The first kappa shape index (κ1) is 25.4. The Balaban J connectivity index is 1.45. The number of ether oxygens (including phenoxy) is 4. The number of carbonyl (C=O) groups is 2. The van der Waals surface area contributed by atoms with E-state index in [9.17, 15) is 40.2 Å². The van der Waals surface area contributed by atoms with E-state index in [0.717, 1.165) is 6.26 Å². The minimum absolute atomic E-state index is 0.00200. The lowest BCUT2D eigenvalue weighted by atomic mass is 9.83. The Morgan fingerprint density at radius 2 is 1.71 bits per heavy atom. The van der Waals surface area contributed by atoms with Gasteiger partial charge >= 0.3 is 11.9 Å². The third-order valence-electron chi connectivity index (χ3n) is 6.88. The van der Waals surface area contributed by atoms with Crippen LogP contribution < -0.4 is 0 Å². The van der Waals surface area contributed by atoms with Crippen molar-refractivity contribution >= 4 is 11.9 Å². The molecule has 10 atom stereocenters. The molecule has 12 nitrogen and oxygen atoms in total. The molecule has 192 valence electrons. The summed E-state index contributed by atoms with van der Waals surface area (Å²) in [4.78, 5) is 23.8. The van der Waals surface area contributed by atoms with Crippen molar-refractivity contribution < 1.29 is 59.2 Å².